The third-order valence-electron chi connectivity index (χ3n) is 1.41. The lowest BCUT2D eigenvalue weighted by molar-refractivity contribution is 0.489. The minimum atomic E-state index is -0.167. The lowest BCUT2D eigenvalue weighted by Gasteiger charge is -2.18. The van der Waals surface area contributed by atoms with Crippen molar-refractivity contribution in [3.63, 3.8) is 0 Å². The van der Waals surface area contributed by atoms with E-state index in [1.807, 2.05) is 0 Å². The van der Waals surface area contributed by atoms with Gasteiger partial charge in [-0.15, -0.1) is 0 Å². The van der Waals surface area contributed by atoms with E-state index in [-0.39, 0.29) is 5.54 Å². The molecule has 0 fully saturated rings. The van der Waals surface area contributed by atoms with Gasteiger partial charge in [0.05, 0.1) is 0 Å². The lowest BCUT2D eigenvalue weighted by Crippen LogP contribution is -2.34. The van der Waals surface area contributed by atoms with Gasteiger partial charge >= 0.3 is 0 Å². The second-order valence-electron chi connectivity index (χ2n) is 2.07. The van der Waals surface area contributed by atoms with Crippen LogP contribution in [0, 0.1) is 6.92 Å². The Morgan fingerprint density at radius 3 is 1.71 bits per heavy atom. The van der Waals surface area contributed by atoms with E-state index in [1.54, 1.807) is 0 Å². The normalized spacial score (nSPS) is 12.0. The van der Waals surface area contributed by atoms with E-state index in [2.05, 4.69) is 20.8 Å². The van der Waals surface area contributed by atoms with Gasteiger partial charge in [-0.25, -0.2) is 0 Å². The maximum atomic E-state index is 5.60. The smallest absolute Gasteiger partial charge is 0.0149 e. The molecule has 7 heavy (non-hydrogen) atoms. The van der Waals surface area contributed by atoms with Crippen molar-refractivity contribution in [3.05, 3.63) is 6.92 Å². The molecule has 43 valence electrons. The molecule has 1 nitrogen and oxygen atoms in total. The molecule has 0 unspecified atom stereocenters. The van der Waals surface area contributed by atoms with Crippen LogP contribution >= 0.6 is 0 Å². The van der Waals surface area contributed by atoms with Crippen molar-refractivity contribution >= 4 is 0 Å². The van der Waals surface area contributed by atoms with Gasteiger partial charge in [-0.05, 0) is 19.8 Å². The van der Waals surface area contributed by atoms with Gasteiger partial charge in [-0.1, -0.05) is 13.8 Å². The van der Waals surface area contributed by atoms with Crippen molar-refractivity contribution in [3.8, 4) is 0 Å². The van der Waals surface area contributed by atoms with Gasteiger partial charge in [0, 0.05) is 5.54 Å². The summed E-state index contributed by atoms with van der Waals surface area (Å²) < 4.78 is 0. The first-order valence-corrected chi connectivity index (χ1v) is 2.76. The van der Waals surface area contributed by atoms with Crippen LogP contribution < -0.4 is 5.73 Å². The zero-order valence-corrected chi connectivity index (χ0v) is 5.20. The number of hydrogen-bond acceptors (Lipinski definition) is 1. The Morgan fingerprint density at radius 2 is 1.71 bits per heavy atom. The summed E-state index contributed by atoms with van der Waals surface area (Å²) in [6.45, 7) is 7.89. The molecule has 1 radical (unpaired) electrons. The predicted octanol–water partition coefficient (Wildman–Crippen LogP) is 1.34. The fourth-order valence-electron chi connectivity index (χ4n) is 0.250. The highest BCUT2D eigenvalue weighted by molar-refractivity contribution is 4.82. The Labute approximate surface area is 45.9 Å². The first-order valence-electron chi connectivity index (χ1n) is 2.76. The van der Waals surface area contributed by atoms with Crippen LogP contribution in [0.4, 0.5) is 0 Å². The minimum absolute atomic E-state index is 0.167. The summed E-state index contributed by atoms with van der Waals surface area (Å²) in [6, 6.07) is 0. The van der Waals surface area contributed by atoms with Crippen LogP contribution in [0.25, 0.3) is 0 Å². The molecule has 0 heterocycles. The standard InChI is InChI=1S/C6H14N/c1-4-6(3,7)5-2/h3-5,7H2,1-2H3. The molecule has 0 rings (SSSR count). The average molecular weight is 100 g/mol. The quantitative estimate of drug-likeness (QED) is 0.556. The molecule has 0 saturated carbocycles. The molecule has 0 spiro atoms. The van der Waals surface area contributed by atoms with Crippen molar-refractivity contribution < 1.29 is 0 Å². The molecular weight excluding hydrogens is 86.1 g/mol. The first-order chi connectivity index (χ1) is 3.12. The van der Waals surface area contributed by atoms with Crippen LogP contribution in [0.3, 0.4) is 0 Å². The summed E-state index contributed by atoms with van der Waals surface area (Å²) in [5.41, 5.74) is 5.44. The molecule has 0 bridgehead atoms. The van der Waals surface area contributed by atoms with E-state index in [9.17, 15) is 0 Å². The maximum absolute atomic E-state index is 5.60. The van der Waals surface area contributed by atoms with Crippen molar-refractivity contribution in [1.29, 1.82) is 0 Å². The van der Waals surface area contributed by atoms with Crippen LogP contribution in [0.1, 0.15) is 26.7 Å². The van der Waals surface area contributed by atoms with Gasteiger partial charge in [-0.2, -0.15) is 0 Å². The van der Waals surface area contributed by atoms with E-state index in [1.165, 1.54) is 0 Å². The van der Waals surface area contributed by atoms with Crippen LogP contribution in [0.2, 0.25) is 0 Å². The first kappa shape index (κ1) is 6.96. The van der Waals surface area contributed by atoms with E-state index in [0.717, 1.165) is 12.8 Å². The topological polar surface area (TPSA) is 26.0 Å². The third kappa shape index (κ3) is 2.63. The Hall–Kier alpha value is -0.0400. The summed E-state index contributed by atoms with van der Waals surface area (Å²) in [5.74, 6) is 0. The predicted molar refractivity (Wildman–Crippen MR) is 32.9 cm³/mol. The Morgan fingerprint density at radius 1 is 1.43 bits per heavy atom. The monoisotopic (exact) mass is 100 g/mol. The van der Waals surface area contributed by atoms with Gasteiger partial charge in [0.25, 0.3) is 0 Å². The molecule has 0 aliphatic carbocycles. The van der Waals surface area contributed by atoms with Crippen molar-refractivity contribution in [1.82, 2.24) is 0 Å². The zero-order chi connectivity index (χ0) is 5.91. The van der Waals surface area contributed by atoms with Crippen molar-refractivity contribution in [2.45, 2.75) is 32.2 Å². The third-order valence-corrected chi connectivity index (χ3v) is 1.41. The highest BCUT2D eigenvalue weighted by Crippen LogP contribution is 2.06. The highest BCUT2D eigenvalue weighted by Gasteiger charge is 2.10. The van der Waals surface area contributed by atoms with E-state index in [0.29, 0.717) is 0 Å². The highest BCUT2D eigenvalue weighted by atomic mass is 14.7. The van der Waals surface area contributed by atoms with E-state index in [4.69, 9.17) is 5.73 Å². The summed E-state index contributed by atoms with van der Waals surface area (Å²) in [5, 5.41) is 0. The van der Waals surface area contributed by atoms with Crippen LogP contribution in [-0.4, -0.2) is 5.54 Å². The van der Waals surface area contributed by atoms with Crippen molar-refractivity contribution in [2.75, 3.05) is 0 Å². The second-order valence-corrected chi connectivity index (χ2v) is 2.07. The maximum Gasteiger partial charge on any atom is 0.0149 e. The summed E-state index contributed by atoms with van der Waals surface area (Å²) in [6.07, 6.45) is 1.92. The van der Waals surface area contributed by atoms with Gasteiger partial charge in [-0.3, -0.25) is 0 Å². The zero-order valence-electron chi connectivity index (χ0n) is 5.20. The summed E-state index contributed by atoms with van der Waals surface area (Å²) in [7, 11) is 0. The van der Waals surface area contributed by atoms with Crippen LogP contribution in [0.5, 0.6) is 0 Å². The van der Waals surface area contributed by atoms with Crippen molar-refractivity contribution in [2.24, 2.45) is 5.73 Å². The molecule has 0 amide bonds. The Kier molecular flexibility index (Phi) is 2.30. The molecule has 0 aromatic carbocycles. The Bertz CT molecular complexity index is 42.1. The SMILES string of the molecule is [CH2]C(N)(CC)CC. The van der Waals surface area contributed by atoms with Gasteiger partial charge in [0.1, 0.15) is 0 Å². The Balaban J connectivity index is 3.36. The van der Waals surface area contributed by atoms with E-state index < -0.39 is 0 Å². The second kappa shape index (κ2) is 2.31. The number of hydrogen-bond donors (Lipinski definition) is 1. The molecule has 2 N–H and O–H groups in total. The number of nitrogens with two attached hydrogens (primary N) is 1. The fraction of sp³-hybridized carbons (Fsp3) is 0.833. The molecule has 0 saturated heterocycles. The molecule has 0 aromatic rings. The summed E-state index contributed by atoms with van der Waals surface area (Å²) in [4.78, 5) is 0. The molecular formula is C6H14N. The van der Waals surface area contributed by atoms with Gasteiger partial charge in [0.2, 0.25) is 0 Å². The van der Waals surface area contributed by atoms with Crippen LogP contribution in [-0.2, 0) is 0 Å². The molecule has 1 heteroatoms. The lowest BCUT2D eigenvalue weighted by atomic mass is 9.98. The minimum Gasteiger partial charge on any atom is -0.325 e. The molecule has 0 aliphatic rings. The molecule has 0 aromatic heterocycles. The fourth-order valence-corrected chi connectivity index (χ4v) is 0.250. The number of rotatable bonds is 2. The molecule has 0 atom stereocenters. The summed E-state index contributed by atoms with van der Waals surface area (Å²) >= 11 is 0. The average Bonchev–Trinajstić information content (AvgIpc) is 1.68. The van der Waals surface area contributed by atoms with E-state index >= 15 is 0 Å². The molecule has 0 aliphatic heterocycles. The van der Waals surface area contributed by atoms with Gasteiger partial charge in [0.15, 0.2) is 0 Å². The van der Waals surface area contributed by atoms with Gasteiger partial charge < -0.3 is 5.73 Å². The largest absolute Gasteiger partial charge is 0.325 e. The van der Waals surface area contributed by atoms with Crippen LogP contribution in [0.15, 0.2) is 0 Å².